The van der Waals surface area contributed by atoms with E-state index in [4.69, 9.17) is 9.47 Å². The Morgan fingerprint density at radius 3 is 2.11 bits per heavy atom. The van der Waals surface area contributed by atoms with Gasteiger partial charge in [0.05, 0.1) is 6.10 Å². The van der Waals surface area contributed by atoms with Crippen LogP contribution in [-0.4, -0.2) is 24.3 Å². The molecule has 1 aliphatic rings. The van der Waals surface area contributed by atoms with Crippen molar-refractivity contribution in [2.45, 2.75) is 129 Å². The number of esters is 1. The van der Waals surface area contributed by atoms with Crippen molar-refractivity contribution in [3.05, 3.63) is 54.1 Å². The summed E-state index contributed by atoms with van der Waals surface area (Å²) < 4.78 is 25.4. The van der Waals surface area contributed by atoms with Gasteiger partial charge >= 0.3 is 5.97 Å². The standard InChI is InChI=1S/C34H49FO3/c1-4-6-8-9-10-26(3)37-31-24-20-30(21-25-31)29-18-14-27(15-19-29)12-13-28-16-22-32(23-17-28)38-34(36)33(35)11-7-5-2/h14-15,18-21,24-26,28,32-33H,4-13,16-17,22-23H2,1-3H3/t26-,28?,32?,33-/m0/s1. The van der Waals surface area contributed by atoms with E-state index in [1.54, 1.807) is 0 Å². The molecule has 3 rings (SSSR count). The number of rotatable bonds is 16. The molecule has 2 atom stereocenters. The molecule has 2 aromatic rings. The minimum absolute atomic E-state index is 0.108. The van der Waals surface area contributed by atoms with Crippen molar-refractivity contribution in [3.8, 4) is 16.9 Å². The lowest BCUT2D eigenvalue weighted by Gasteiger charge is -2.28. The molecule has 3 nitrogen and oxygen atoms in total. The van der Waals surface area contributed by atoms with Crippen molar-refractivity contribution in [1.82, 2.24) is 0 Å². The number of alkyl halides is 1. The predicted molar refractivity (Wildman–Crippen MR) is 155 cm³/mol. The summed E-state index contributed by atoms with van der Waals surface area (Å²) in [5.41, 5.74) is 3.79. The van der Waals surface area contributed by atoms with Gasteiger partial charge in [0.25, 0.3) is 0 Å². The molecular weight excluding hydrogens is 475 g/mol. The van der Waals surface area contributed by atoms with E-state index >= 15 is 0 Å². The fourth-order valence-electron chi connectivity index (χ4n) is 5.39. The number of carbonyl (C=O) groups excluding carboxylic acids is 1. The second kappa shape index (κ2) is 16.6. The van der Waals surface area contributed by atoms with Gasteiger partial charge in [-0.15, -0.1) is 0 Å². The number of carbonyl (C=O) groups is 1. The lowest BCUT2D eigenvalue weighted by molar-refractivity contribution is -0.157. The monoisotopic (exact) mass is 524 g/mol. The molecule has 0 N–H and O–H groups in total. The maximum absolute atomic E-state index is 13.9. The molecule has 4 heteroatoms. The molecule has 0 amide bonds. The van der Waals surface area contributed by atoms with Gasteiger partial charge in [-0.3, -0.25) is 0 Å². The highest BCUT2D eigenvalue weighted by atomic mass is 19.1. The van der Waals surface area contributed by atoms with Gasteiger partial charge in [0, 0.05) is 0 Å². The Labute approximate surface area is 230 Å². The summed E-state index contributed by atoms with van der Waals surface area (Å²) in [5.74, 6) is 0.933. The highest BCUT2D eigenvalue weighted by Gasteiger charge is 2.27. The number of hydrogen-bond acceptors (Lipinski definition) is 3. The number of benzene rings is 2. The van der Waals surface area contributed by atoms with Crippen molar-refractivity contribution in [1.29, 1.82) is 0 Å². The predicted octanol–water partition coefficient (Wildman–Crippen LogP) is 9.65. The topological polar surface area (TPSA) is 35.5 Å². The fourth-order valence-corrected chi connectivity index (χ4v) is 5.39. The quantitative estimate of drug-likeness (QED) is 0.162. The molecule has 210 valence electrons. The molecule has 0 spiro atoms. The van der Waals surface area contributed by atoms with Gasteiger partial charge in [-0.25, -0.2) is 9.18 Å². The van der Waals surface area contributed by atoms with E-state index in [2.05, 4.69) is 62.4 Å². The summed E-state index contributed by atoms with van der Waals surface area (Å²) >= 11 is 0. The van der Waals surface area contributed by atoms with Crippen molar-refractivity contribution < 1.29 is 18.7 Å². The average molecular weight is 525 g/mol. The number of halogens is 1. The van der Waals surface area contributed by atoms with Gasteiger partial charge in [0.15, 0.2) is 6.17 Å². The summed E-state index contributed by atoms with van der Waals surface area (Å²) in [6.45, 7) is 6.40. The SMILES string of the molecule is CCCCCC[C@H](C)Oc1ccc(-c2ccc(CCC3CCC(OC(=O)[C@@H](F)CCCC)CC3)cc2)cc1. The lowest BCUT2D eigenvalue weighted by Crippen LogP contribution is -2.29. The van der Waals surface area contributed by atoms with Crippen LogP contribution in [0.4, 0.5) is 4.39 Å². The molecule has 1 saturated carbocycles. The Morgan fingerprint density at radius 1 is 0.842 bits per heavy atom. The summed E-state index contributed by atoms with van der Waals surface area (Å²) in [6, 6.07) is 17.4. The molecule has 0 unspecified atom stereocenters. The van der Waals surface area contributed by atoms with Crippen LogP contribution in [0.2, 0.25) is 0 Å². The van der Waals surface area contributed by atoms with Crippen LogP contribution in [0, 0.1) is 5.92 Å². The first kappa shape index (κ1) is 30.2. The first-order chi connectivity index (χ1) is 18.5. The molecule has 0 radical (unpaired) electrons. The van der Waals surface area contributed by atoms with E-state index in [-0.39, 0.29) is 18.6 Å². The van der Waals surface area contributed by atoms with E-state index in [9.17, 15) is 9.18 Å². The zero-order valence-corrected chi connectivity index (χ0v) is 23.9. The summed E-state index contributed by atoms with van der Waals surface area (Å²) in [7, 11) is 0. The van der Waals surface area contributed by atoms with Crippen molar-refractivity contribution in [2.24, 2.45) is 5.92 Å². The number of ether oxygens (including phenoxy) is 2. The maximum Gasteiger partial charge on any atom is 0.340 e. The Balaban J connectivity index is 1.37. The van der Waals surface area contributed by atoms with E-state index in [0.717, 1.165) is 63.5 Å². The molecule has 0 aliphatic heterocycles. The van der Waals surface area contributed by atoms with Crippen LogP contribution in [0.25, 0.3) is 11.1 Å². The molecule has 1 aliphatic carbocycles. The van der Waals surface area contributed by atoms with Crippen LogP contribution in [0.15, 0.2) is 48.5 Å². The number of unbranched alkanes of at least 4 members (excludes halogenated alkanes) is 4. The number of aryl methyl sites for hydroxylation is 1. The molecule has 0 saturated heterocycles. The van der Waals surface area contributed by atoms with Crippen LogP contribution in [0.5, 0.6) is 5.75 Å². The molecule has 1 fully saturated rings. The molecule has 38 heavy (non-hydrogen) atoms. The molecule has 0 aromatic heterocycles. The van der Waals surface area contributed by atoms with Crippen molar-refractivity contribution in [3.63, 3.8) is 0 Å². The van der Waals surface area contributed by atoms with E-state index < -0.39 is 12.1 Å². The number of hydrogen-bond donors (Lipinski definition) is 0. The van der Waals surface area contributed by atoms with Gasteiger partial charge in [0.2, 0.25) is 0 Å². The second-order valence-electron chi connectivity index (χ2n) is 11.2. The highest BCUT2D eigenvalue weighted by molar-refractivity contribution is 5.74. The van der Waals surface area contributed by atoms with Crippen LogP contribution >= 0.6 is 0 Å². The van der Waals surface area contributed by atoms with E-state index in [1.165, 1.54) is 42.4 Å². The first-order valence-electron chi connectivity index (χ1n) is 15.2. The summed E-state index contributed by atoms with van der Waals surface area (Å²) in [5, 5.41) is 0. The molecule has 0 bridgehead atoms. The lowest BCUT2D eigenvalue weighted by atomic mass is 9.83. The molecular formula is C34H49FO3. The van der Waals surface area contributed by atoms with Crippen LogP contribution in [0.1, 0.15) is 110 Å². The average Bonchev–Trinajstić information content (AvgIpc) is 2.94. The third-order valence-corrected chi connectivity index (χ3v) is 7.93. The molecule has 2 aromatic carbocycles. The Hall–Kier alpha value is -2.36. The normalized spacial score (nSPS) is 19.1. The maximum atomic E-state index is 13.9. The van der Waals surface area contributed by atoms with Gasteiger partial charge < -0.3 is 9.47 Å². The Kier molecular flexibility index (Phi) is 13.2. The fraction of sp³-hybridized carbons (Fsp3) is 0.618. The zero-order chi connectivity index (χ0) is 27.2. The van der Waals surface area contributed by atoms with Crippen LogP contribution < -0.4 is 4.74 Å². The minimum atomic E-state index is -1.46. The van der Waals surface area contributed by atoms with E-state index in [0.29, 0.717) is 5.92 Å². The smallest absolute Gasteiger partial charge is 0.340 e. The second-order valence-corrected chi connectivity index (χ2v) is 11.2. The summed E-state index contributed by atoms with van der Waals surface area (Å²) in [6.07, 6.45) is 12.8. The first-order valence-corrected chi connectivity index (χ1v) is 15.2. The van der Waals surface area contributed by atoms with Gasteiger partial charge in [-0.1, -0.05) is 82.3 Å². The van der Waals surface area contributed by atoms with Crippen LogP contribution in [0.3, 0.4) is 0 Å². The van der Waals surface area contributed by atoms with Crippen molar-refractivity contribution in [2.75, 3.05) is 0 Å². The van der Waals surface area contributed by atoms with Gasteiger partial charge in [0.1, 0.15) is 11.9 Å². The minimum Gasteiger partial charge on any atom is -0.491 e. The Morgan fingerprint density at radius 2 is 1.47 bits per heavy atom. The summed E-state index contributed by atoms with van der Waals surface area (Å²) in [4.78, 5) is 11.9. The third-order valence-electron chi connectivity index (χ3n) is 7.93. The molecule has 0 heterocycles. The van der Waals surface area contributed by atoms with Crippen molar-refractivity contribution >= 4 is 5.97 Å². The van der Waals surface area contributed by atoms with Crippen LogP contribution in [-0.2, 0) is 16.0 Å². The Bertz CT molecular complexity index is 916. The third kappa shape index (κ3) is 10.4. The van der Waals surface area contributed by atoms with Gasteiger partial charge in [-0.2, -0.15) is 0 Å². The zero-order valence-electron chi connectivity index (χ0n) is 23.9. The van der Waals surface area contributed by atoms with Gasteiger partial charge in [-0.05, 0) is 99.5 Å². The van der Waals surface area contributed by atoms with E-state index in [1.807, 2.05) is 6.92 Å². The largest absolute Gasteiger partial charge is 0.491 e. The highest BCUT2D eigenvalue weighted by Crippen LogP contribution is 2.31.